The highest BCUT2D eigenvalue weighted by atomic mass is 32.2. The second-order valence-corrected chi connectivity index (χ2v) is 10.6. The Hall–Kier alpha value is -2.27. The van der Waals surface area contributed by atoms with Crippen molar-refractivity contribution in [3.8, 4) is 0 Å². The molecule has 1 aliphatic carbocycles. The number of carbonyl (C=O) groups is 1. The summed E-state index contributed by atoms with van der Waals surface area (Å²) < 4.78 is 33.1. The average molecular weight is 437 g/mol. The molecule has 4 rings (SSSR count). The van der Waals surface area contributed by atoms with Crippen LogP contribution in [0.5, 0.6) is 0 Å². The molecule has 1 saturated heterocycles. The number of amides is 1. The predicted molar refractivity (Wildman–Crippen MR) is 108 cm³/mol. The lowest BCUT2D eigenvalue weighted by Gasteiger charge is -2.24. The second kappa shape index (κ2) is 7.45. The minimum Gasteiger partial charge on any atom is -0.353 e. The predicted octanol–water partition coefficient (Wildman–Crippen LogP) is 0.689. The molecule has 1 N–H and O–H groups in total. The van der Waals surface area contributed by atoms with E-state index in [2.05, 4.69) is 20.6 Å². The van der Waals surface area contributed by atoms with Gasteiger partial charge in [0.1, 0.15) is 0 Å². The fourth-order valence-electron chi connectivity index (χ4n) is 4.93. The number of aryl methyl sites for hydroxylation is 4. The number of carbonyl (C=O) groups excluding carboxylic acids is 1. The number of nitrogens with one attached hydrogen (secondary N) is 1. The van der Waals surface area contributed by atoms with Crippen molar-refractivity contribution >= 4 is 15.9 Å². The zero-order valence-corrected chi connectivity index (χ0v) is 18.6. The molecule has 2 fully saturated rings. The van der Waals surface area contributed by atoms with Crippen molar-refractivity contribution < 1.29 is 17.7 Å². The molecule has 0 bridgehead atoms. The normalized spacial score (nSPS) is 26.8. The first kappa shape index (κ1) is 21.0. The topological polar surface area (TPSA) is 123 Å². The van der Waals surface area contributed by atoms with Crippen molar-refractivity contribution in [2.75, 3.05) is 19.3 Å². The van der Waals surface area contributed by atoms with Crippen molar-refractivity contribution in [2.24, 2.45) is 5.92 Å². The third-order valence-electron chi connectivity index (χ3n) is 6.29. The van der Waals surface area contributed by atoms with Crippen LogP contribution in [-0.4, -0.2) is 63.9 Å². The van der Waals surface area contributed by atoms with Gasteiger partial charge in [-0.05, 0) is 45.6 Å². The van der Waals surface area contributed by atoms with Gasteiger partial charge in [0.2, 0.25) is 21.8 Å². The van der Waals surface area contributed by atoms with Crippen LogP contribution >= 0.6 is 0 Å². The molecule has 1 saturated carbocycles. The molecule has 2 aliphatic rings. The summed E-state index contributed by atoms with van der Waals surface area (Å²) in [6.45, 7) is 6.88. The second-order valence-electron chi connectivity index (χ2n) is 8.66. The Kier molecular flexibility index (Phi) is 5.21. The third-order valence-corrected chi connectivity index (χ3v) is 7.50. The minimum atomic E-state index is -3.32. The highest BCUT2D eigenvalue weighted by Gasteiger charge is 2.58. The summed E-state index contributed by atoms with van der Waals surface area (Å²) in [4.78, 5) is 17.0. The number of rotatable bonds is 6. The number of aromatic nitrogens is 4. The van der Waals surface area contributed by atoms with Gasteiger partial charge in [0, 0.05) is 37.8 Å². The summed E-state index contributed by atoms with van der Waals surface area (Å²) in [5, 5.41) is 11.4. The van der Waals surface area contributed by atoms with Gasteiger partial charge >= 0.3 is 0 Å². The lowest BCUT2D eigenvalue weighted by atomic mass is 9.80. The van der Waals surface area contributed by atoms with Crippen LogP contribution in [0.4, 0.5) is 0 Å². The molecule has 0 spiro atoms. The van der Waals surface area contributed by atoms with Gasteiger partial charge in [-0.25, -0.2) is 12.7 Å². The molecule has 164 valence electrons. The Morgan fingerprint density at radius 2 is 2.13 bits per heavy atom. The monoisotopic (exact) mass is 436 g/mol. The maximum absolute atomic E-state index is 12.6. The van der Waals surface area contributed by atoms with Gasteiger partial charge in [0.05, 0.1) is 17.4 Å². The van der Waals surface area contributed by atoms with Crippen molar-refractivity contribution in [3.05, 3.63) is 29.2 Å². The van der Waals surface area contributed by atoms with Gasteiger partial charge in [-0.2, -0.15) is 10.1 Å². The van der Waals surface area contributed by atoms with Crippen molar-refractivity contribution in [3.63, 3.8) is 0 Å². The first-order chi connectivity index (χ1) is 14.1. The molecular formula is C19H28N6O4S. The van der Waals surface area contributed by atoms with Crippen molar-refractivity contribution in [2.45, 2.75) is 58.0 Å². The van der Waals surface area contributed by atoms with E-state index < -0.39 is 15.4 Å². The zero-order chi connectivity index (χ0) is 21.7. The van der Waals surface area contributed by atoms with Crippen LogP contribution in [0, 0.1) is 26.7 Å². The molecule has 1 amide bonds. The molecule has 0 radical (unpaired) electrons. The van der Waals surface area contributed by atoms with Crippen molar-refractivity contribution in [1.82, 2.24) is 29.5 Å². The smallest absolute Gasteiger partial charge is 0.234 e. The van der Waals surface area contributed by atoms with E-state index in [0.717, 1.165) is 11.4 Å². The van der Waals surface area contributed by atoms with E-state index in [1.54, 1.807) is 6.92 Å². The maximum Gasteiger partial charge on any atom is 0.234 e. The first-order valence-electron chi connectivity index (χ1n) is 10.1. The lowest BCUT2D eigenvalue weighted by Crippen LogP contribution is -2.39. The van der Waals surface area contributed by atoms with Crippen LogP contribution in [0.25, 0.3) is 0 Å². The van der Waals surface area contributed by atoms with E-state index in [4.69, 9.17) is 4.52 Å². The van der Waals surface area contributed by atoms with Gasteiger partial charge in [0.25, 0.3) is 0 Å². The molecular weight excluding hydrogens is 408 g/mol. The maximum atomic E-state index is 12.6. The third kappa shape index (κ3) is 3.87. The number of hydrogen-bond acceptors (Lipinski definition) is 7. The van der Waals surface area contributed by atoms with Crippen LogP contribution in [0.3, 0.4) is 0 Å². The molecule has 3 atom stereocenters. The van der Waals surface area contributed by atoms with Gasteiger partial charge in [-0.1, -0.05) is 5.16 Å². The molecule has 2 aromatic rings. The fourth-order valence-corrected chi connectivity index (χ4v) is 5.84. The standard InChI is InChI=1S/C19H28N6O4S/c1-12-7-13(2)25(22-12)6-5-17(26)21-16-8-15-10-24(30(4,27)28)11-19(15,9-16)18-20-14(3)23-29-18/h7,15-16H,5-6,8-11H2,1-4H3,(H,21,26)/t15-,16+,19-/m0/s1. The van der Waals surface area contributed by atoms with Crippen LogP contribution < -0.4 is 5.32 Å². The summed E-state index contributed by atoms with van der Waals surface area (Å²) in [6.07, 6.45) is 2.82. The van der Waals surface area contributed by atoms with Gasteiger partial charge in [-0.15, -0.1) is 0 Å². The summed E-state index contributed by atoms with van der Waals surface area (Å²) in [5.41, 5.74) is 1.41. The number of fused-ring (bicyclic) bond motifs is 1. The van der Waals surface area contributed by atoms with Gasteiger partial charge in [-0.3, -0.25) is 9.48 Å². The first-order valence-corrected chi connectivity index (χ1v) is 12.0. The molecule has 2 aromatic heterocycles. The summed E-state index contributed by atoms with van der Waals surface area (Å²) >= 11 is 0. The van der Waals surface area contributed by atoms with E-state index in [0.29, 0.717) is 50.6 Å². The summed E-state index contributed by atoms with van der Waals surface area (Å²) in [5.74, 6) is 0.974. The Balaban J connectivity index is 1.45. The quantitative estimate of drug-likeness (QED) is 0.707. The van der Waals surface area contributed by atoms with Gasteiger partial charge < -0.3 is 9.84 Å². The van der Waals surface area contributed by atoms with E-state index in [1.807, 2.05) is 24.6 Å². The Morgan fingerprint density at radius 1 is 1.37 bits per heavy atom. The van der Waals surface area contributed by atoms with Crippen molar-refractivity contribution in [1.29, 1.82) is 0 Å². The Labute approximate surface area is 176 Å². The number of nitrogens with zero attached hydrogens (tertiary/aromatic N) is 5. The van der Waals surface area contributed by atoms with E-state index in [1.165, 1.54) is 10.6 Å². The SMILES string of the molecule is Cc1cc(C)n(CCC(=O)N[C@@H]2C[C@H]3CN(S(C)(=O)=O)C[C@@]3(c3nc(C)no3)C2)n1. The molecule has 0 unspecified atom stereocenters. The zero-order valence-electron chi connectivity index (χ0n) is 17.8. The molecule has 1 aliphatic heterocycles. The minimum absolute atomic E-state index is 0.0217. The fraction of sp³-hybridized carbons (Fsp3) is 0.684. The molecule has 30 heavy (non-hydrogen) atoms. The number of sulfonamides is 1. The van der Waals surface area contributed by atoms with Crippen LogP contribution in [0.15, 0.2) is 10.6 Å². The largest absolute Gasteiger partial charge is 0.353 e. The van der Waals surface area contributed by atoms with Gasteiger partial charge in [0.15, 0.2) is 5.82 Å². The molecule has 10 nitrogen and oxygen atoms in total. The molecule has 0 aromatic carbocycles. The lowest BCUT2D eigenvalue weighted by molar-refractivity contribution is -0.122. The van der Waals surface area contributed by atoms with E-state index in [9.17, 15) is 13.2 Å². The highest BCUT2D eigenvalue weighted by Crippen LogP contribution is 2.50. The average Bonchev–Trinajstić information content (AvgIpc) is 3.35. The van der Waals surface area contributed by atoms with E-state index in [-0.39, 0.29) is 17.9 Å². The molecule has 3 heterocycles. The van der Waals surface area contributed by atoms with Crippen LogP contribution in [0.1, 0.15) is 42.4 Å². The summed E-state index contributed by atoms with van der Waals surface area (Å²) in [7, 11) is -3.32. The Morgan fingerprint density at radius 3 is 2.73 bits per heavy atom. The highest BCUT2D eigenvalue weighted by molar-refractivity contribution is 7.88. The molecule has 11 heteroatoms. The summed E-state index contributed by atoms with van der Waals surface area (Å²) in [6, 6.07) is 1.93. The van der Waals surface area contributed by atoms with Crippen LogP contribution in [-0.2, 0) is 26.8 Å². The number of hydrogen-bond donors (Lipinski definition) is 1. The Bertz CT molecular complexity index is 1060. The van der Waals surface area contributed by atoms with Crippen LogP contribution in [0.2, 0.25) is 0 Å². The van der Waals surface area contributed by atoms with E-state index >= 15 is 0 Å².